The van der Waals surface area contributed by atoms with E-state index in [2.05, 4.69) is 146 Å². The second-order valence-corrected chi connectivity index (χ2v) is 17.0. The lowest BCUT2D eigenvalue weighted by Gasteiger charge is -2.14. The molecule has 1 aromatic heterocycles. The Morgan fingerprint density at radius 1 is 0.345 bits per heavy atom. The van der Waals surface area contributed by atoms with E-state index in [1.165, 1.54) is 138 Å². The van der Waals surface area contributed by atoms with Crippen LogP contribution in [0.5, 0.6) is 0 Å². The van der Waals surface area contributed by atoms with Gasteiger partial charge in [-0.2, -0.15) is 0 Å². The monoisotopic (exact) mass is 770 g/mol. The van der Waals surface area contributed by atoms with Crippen LogP contribution in [0.4, 0.5) is 0 Å². The van der Waals surface area contributed by atoms with Crippen LogP contribution >= 0.6 is 0 Å². The van der Waals surface area contributed by atoms with Crippen molar-refractivity contribution in [3.8, 4) is 45.3 Å². The average Bonchev–Trinajstić information content (AvgIpc) is 3.23. The molecule has 0 unspecified atom stereocenters. The van der Waals surface area contributed by atoms with Crippen LogP contribution in [0.15, 0.2) is 97.1 Å². The third kappa shape index (κ3) is 11.8. The molecule has 0 bridgehead atoms. The summed E-state index contributed by atoms with van der Waals surface area (Å²) in [6.07, 6.45) is 19.4. The van der Waals surface area contributed by atoms with Gasteiger partial charge in [-0.25, -0.2) is 15.0 Å². The lowest BCUT2D eigenvalue weighted by atomic mass is 9.91. The van der Waals surface area contributed by atoms with Crippen LogP contribution in [0.2, 0.25) is 0 Å². The van der Waals surface area contributed by atoms with Crippen molar-refractivity contribution in [3.63, 3.8) is 0 Å². The van der Waals surface area contributed by atoms with Crippen LogP contribution in [0.3, 0.4) is 0 Å². The molecule has 0 N–H and O–H groups in total. The van der Waals surface area contributed by atoms with E-state index in [0.717, 1.165) is 36.0 Å². The van der Waals surface area contributed by atoms with E-state index >= 15 is 0 Å². The molecule has 6 rings (SSSR count). The molecule has 0 saturated heterocycles. The van der Waals surface area contributed by atoms with E-state index in [9.17, 15) is 0 Å². The highest BCUT2D eigenvalue weighted by Gasteiger charge is 2.14. The molecule has 0 radical (unpaired) electrons. The second-order valence-electron chi connectivity index (χ2n) is 17.0. The maximum absolute atomic E-state index is 5.07. The van der Waals surface area contributed by atoms with Crippen molar-refractivity contribution in [1.82, 2.24) is 15.0 Å². The zero-order chi connectivity index (χ0) is 40.9. The standard InChI is InChI=1S/C55H67N3/c1-8-9-10-11-12-13-14-15-16-17-20-45-25-29-48(30-26-45)54-56-53(47-27-23-39(2)24-28-47)57-55(58-54)49-33-31-46(32-34-49)52-38-43(6)51(37-44(52)7)22-19-18-21-50-36-41(4)40(3)35-42(50)5/h23-38H,8-22H2,1-7H3. The van der Waals surface area contributed by atoms with Gasteiger partial charge in [0.2, 0.25) is 0 Å². The van der Waals surface area contributed by atoms with Gasteiger partial charge in [-0.1, -0.05) is 167 Å². The Morgan fingerprint density at radius 2 is 0.741 bits per heavy atom. The topological polar surface area (TPSA) is 38.7 Å². The van der Waals surface area contributed by atoms with Gasteiger partial charge in [-0.15, -0.1) is 0 Å². The van der Waals surface area contributed by atoms with Gasteiger partial charge in [0.15, 0.2) is 17.5 Å². The van der Waals surface area contributed by atoms with E-state index in [-0.39, 0.29) is 0 Å². The molecule has 0 saturated carbocycles. The Hall–Kier alpha value is -4.89. The molecule has 0 amide bonds. The number of nitrogens with zero attached hydrogens (tertiary/aromatic N) is 3. The first kappa shape index (κ1) is 42.7. The van der Waals surface area contributed by atoms with E-state index < -0.39 is 0 Å². The summed E-state index contributed by atoms with van der Waals surface area (Å²) in [5.74, 6) is 2.10. The summed E-state index contributed by atoms with van der Waals surface area (Å²) < 4.78 is 0. The van der Waals surface area contributed by atoms with E-state index in [1.54, 1.807) is 0 Å². The summed E-state index contributed by atoms with van der Waals surface area (Å²) in [6.45, 7) is 15.6. The summed E-state index contributed by atoms with van der Waals surface area (Å²) in [6, 6.07) is 35.7. The SMILES string of the molecule is CCCCCCCCCCCCc1ccc(-c2nc(-c3ccc(C)cc3)nc(-c3ccc(-c4cc(C)c(CCCCc5cc(C)c(C)cc5C)cc4C)cc3)n2)cc1. The summed E-state index contributed by atoms with van der Waals surface area (Å²) >= 11 is 0. The van der Waals surface area contributed by atoms with Crippen LogP contribution in [0.1, 0.15) is 134 Å². The number of hydrogen-bond donors (Lipinski definition) is 0. The molecule has 0 atom stereocenters. The Kier molecular flexibility index (Phi) is 15.6. The minimum Gasteiger partial charge on any atom is -0.208 e. The number of aryl methyl sites for hydroxylation is 9. The Bertz CT molecular complexity index is 2210. The summed E-state index contributed by atoms with van der Waals surface area (Å²) in [5.41, 5.74) is 18.0. The molecule has 1 heterocycles. The summed E-state index contributed by atoms with van der Waals surface area (Å²) in [5, 5.41) is 0. The molecular formula is C55H67N3. The van der Waals surface area contributed by atoms with Crippen molar-refractivity contribution in [1.29, 1.82) is 0 Å². The number of rotatable bonds is 20. The van der Waals surface area contributed by atoms with E-state index in [4.69, 9.17) is 15.0 Å². The summed E-state index contributed by atoms with van der Waals surface area (Å²) in [4.78, 5) is 15.1. The predicted octanol–water partition coefficient (Wildman–Crippen LogP) is 15.4. The second kappa shape index (κ2) is 21.2. The highest BCUT2D eigenvalue weighted by molar-refractivity contribution is 5.73. The van der Waals surface area contributed by atoms with Gasteiger partial charge in [-0.3, -0.25) is 0 Å². The van der Waals surface area contributed by atoms with Crippen molar-refractivity contribution in [2.24, 2.45) is 0 Å². The lowest BCUT2D eigenvalue weighted by molar-refractivity contribution is 0.556. The van der Waals surface area contributed by atoms with Gasteiger partial charge < -0.3 is 0 Å². The number of hydrogen-bond acceptors (Lipinski definition) is 3. The molecule has 0 aliphatic rings. The maximum atomic E-state index is 5.07. The van der Waals surface area contributed by atoms with Gasteiger partial charge in [0.25, 0.3) is 0 Å². The highest BCUT2D eigenvalue weighted by atomic mass is 15.0. The van der Waals surface area contributed by atoms with Gasteiger partial charge in [-0.05, 0) is 136 Å². The number of aromatic nitrogens is 3. The Morgan fingerprint density at radius 3 is 1.28 bits per heavy atom. The number of unbranched alkanes of at least 4 members (excludes halogenated alkanes) is 10. The van der Waals surface area contributed by atoms with Gasteiger partial charge in [0.05, 0.1) is 0 Å². The minimum atomic E-state index is 0.695. The predicted molar refractivity (Wildman–Crippen MR) is 249 cm³/mol. The first-order valence-corrected chi connectivity index (χ1v) is 22.4. The normalized spacial score (nSPS) is 11.4. The minimum absolute atomic E-state index is 0.695. The van der Waals surface area contributed by atoms with Crippen molar-refractivity contribution in [3.05, 3.63) is 147 Å². The van der Waals surface area contributed by atoms with Gasteiger partial charge in [0, 0.05) is 16.7 Å². The first-order chi connectivity index (χ1) is 28.2. The molecule has 5 aromatic carbocycles. The average molecular weight is 770 g/mol. The molecule has 0 aliphatic heterocycles. The quantitative estimate of drug-likeness (QED) is 0.0726. The Labute approximate surface area is 350 Å². The van der Waals surface area contributed by atoms with Crippen LogP contribution in [-0.2, 0) is 19.3 Å². The fourth-order valence-corrected chi connectivity index (χ4v) is 8.28. The fraction of sp³-hybridized carbons (Fsp3) is 0.400. The van der Waals surface area contributed by atoms with Crippen LogP contribution in [-0.4, -0.2) is 15.0 Å². The zero-order valence-corrected chi connectivity index (χ0v) is 36.7. The fourth-order valence-electron chi connectivity index (χ4n) is 8.28. The van der Waals surface area contributed by atoms with Crippen molar-refractivity contribution < 1.29 is 0 Å². The molecule has 58 heavy (non-hydrogen) atoms. The van der Waals surface area contributed by atoms with Gasteiger partial charge in [0.1, 0.15) is 0 Å². The van der Waals surface area contributed by atoms with Crippen LogP contribution < -0.4 is 0 Å². The number of benzene rings is 5. The first-order valence-electron chi connectivity index (χ1n) is 22.4. The van der Waals surface area contributed by atoms with E-state index in [1.807, 2.05) is 0 Å². The molecule has 302 valence electrons. The zero-order valence-electron chi connectivity index (χ0n) is 36.7. The highest BCUT2D eigenvalue weighted by Crippen LogP contribution is 2.31. The van der Waals surface area contributed by atoms with Crippen LogP contribution in [0.25, 0.3) is 45.3 Å². The summed E-state index contributed by atoms with van der Waals surface area (Å²) in [7, 11) is 0. The van der Waals surface area contributed by atoms with Crippen molar-refractivity contribution in [2.45, 2.75) is 145 Å². The molecule has 3 nitrogen and oxygen atoms in total. The largest absolute Gasteiger partial charge is 0.208 e. The van der Waals surface area contributed by atoms with Crippen molar-refractivity contribution >= 4 is 0 Å². The molecule has 0 spiro atoms. The molecule has 0 aliphatic carbocycles. The molecule has 0 fully saturated rings. The lowest BCUT2D eigenvalue weighted by Crippen LogP contribution is -2.00. The third-order valence-corrected chi connectivity index (χ3v) is 12.2. The smallest absolute Gasteiger partial charge is 0.164 e. The molecule has 6 aromatic rings. The molecular weight excluding hydrogens is 703 g/mol. The molecule has 3 heteroatoms. The van der Waals surface area contributed by atoms with Crippen molar-refractivity contribution in [2.75, 3.05) is 0 Å². The maximum Gasteiger partial charge on any atom is 0.164 e. The van der Waals surface area contributed by atoms with E-state index in [0.29, 0.717) is 17.5 Å². The van der Waals surface area contributed by atoms with Gasteiger partial charge >= 0.3 is 0 Å². The Balaban J connectivity index is 1.12. The third-order valence-electron chi connectivity index (χ3n) is 12.2. The van der Waals surface area contributed by atoms with Crippen LogP contribution in [0, 0.1) is 41.5 Å².